The van der Waals surface area contributed by atoms with Crippen LogP contribution in [0.5, 0.6) is 5.88 Å². The smallest absolute Gasteiger partial charge is 0.268 e. The van der Waals surface area contributed by atoms with E-state index < -0.39 is 0 Å². The van der Waals surface area contributed by atoms with Crippen LogP contribution in [0.2, 0.25) is 0 Å². The van der Waals surface area contributed by atoms with Crippen LogP contribution in [0, 0.1) is 3.57 Å². The summed E-state index contributed by atoms with van der Waals surface area (Å²) in [5, 5.41) is 0. The predicted molar refractivity (Wildman–Crippen MR) is 78.5 cm³/mol. The minimum Gasteiger partial charge on any atom is -0.472 e. The molecule has 1 aromatic heterocycles. The van der Waals surface area contributed by atoms with Gasteiger partial charge in [0.25, 0.3) is 5.56 Å². The van der Waals surface area contributed by atoms with Gasteiger partial charge in [0.2, 0.25) is 5.88 Å². The van der Waals surface area contributed by atoms with E-state index in [-0.39, 0.29) is 5.56 Å². The normalized spacial score (nSPS) is 10.7. The first-order valence-corrected chi connectivity index (χ1v) is 6.43. The summed E-state index contributed by atoms with van der Waals surface area (Å²) in [4.78, 5) is 17.7. The number of hydrogen-bond acceptors (Lipinski definition) is 3. The zero-order valence-electron chi connectivity index (χ0n) is 9.47. The number of nitrogens with zero attached hydrogens (tertiary/aromatic N) is 1. The Kier molecular flexibility index (Phi) is 4.52. The van der Waals surface area contributed by atoms with Crippen molar-refractivity contribution in [2.45, 2.75) is 0 Å². The molecule has 0 spiro atoms. The van der Waals surface area contributed by atoms with Crippen LogP contribution in [0.1, 0.15) is 5.56 Å². The van der Waals surface area contributed by atoms with Gasteiger partial charge in [0.05, 0.1) is 6.33 Å². The van der Waals surface area contributed by atoms with Gasteiger partial charge in [-0.25, -0.2) is 4.98 Å². The van der Waals surface area contributed by atoms with Gasteiger partial charge in [-0.3, -0.25) is 4.79 Å². The molecule has 18 heavy (non-hydrogen) atoms. The van der Waals surface area contributed by atoms with Gasteiger partial charge in [0.1, 0.15) is 10.2 Å². The van der Waals surface area contributed by atoms with Gasteiger partial charge in [0.15, 0.2) is 0 Å². The summed E-state index contributed by atoms with van der Waals surface area (Å²) in [6, 6.07) is 9.93. The van der Waals surface area contributed by atoms with Crippen molar-refractivity contribution in [3.05, 3.63) is 62.2 Å². The van der Waals surface area contributed by atoms with Crippen molar-refractivity contribution < 1.29 is 4.74 Å². The lowest BCUT2D eigenvalue weighted by Crippen LogP contribution is -2.12. The first kappa shape index (κ1) is 12.8. The Morgan fingerprint density at radius 2 is 2.11 bits per heavy atom. The van der Waals surface area contributed by atoms with Crippen LogP contribution in [-0.2, 0) is 0 Å². The summed E-state index contributed by atoms with van der Waals surface area (Å²) in [7, 11) is 0. The van der Waals surface area contributed by atoms with Gasteiger partial charge in [-0.1, -0.05) is 36.4 Å². The molecule has 2 rings (SSSR count). The molecule has 5 heteroatoms. The van der Waals surface area contributed by atoms with Crippen molar-refractivity contribution in [1.82, 2.24) is 9.97 Å². The fourth-order valence-corrected chi connectivity index (χ4v) is 1.79. The largest absolute Gasteiger partial charge is 0.472 e. The van der Waals surface area contributed by atoms with E-state index in [0.29, 0.717) is 16.1 Å². The van der Waals surface area contributed by atoms with Crippen molar-refractivity contribution in [1.29, 1.82) is 0 Å². The topological polar surface area (TPSA) is 55.0 Å². The van der Waals surface area contributed by atoms with E-state index in [9.17, 15) is 4.79 Å². The fourth-order valence-electron chi connectivity index (χ4n) is 1.34. The zero-order valence-corrected chi connectivity index (χ0v) is 11.6. The molecule has 0 atom stereocenters. The second kappa shape index (κ2) is 6.34. The number of hydrogen-bond donors (Lipinski definition) is 1. The molecule has 0 saturated carbocycles. The Morgan fingerprint density at radius 3 is 2.89 bits per heavy atom. The molecule has 0 amide bonds. The Hall–Kier alpha value is -1.63. The van der Waals surface area contributed by atoms with Crippen LogP contribution >= 0.6 is 22.6 Å². The van der Waals surface area contributed by atoms with E-state index in [0.717, 1.165) is 5.56 Å². The molecule has 0 aliphatic heterocycles. The van der Waals surface area contributed by atoms with Crippen LogP contribution in [0.4, 0.5) is 0 Å². The van der Waals surface area contributed by atoms with E-state index in [4.69, 9.17) is 4.74 Å². The van der Waals surface area contributed by atoms with Crippen LogP contribution < -0.4 is 10.3 Å². The van der Waals surface area contributed by atoms with Gasteiger partial charge in [-0.05, 0) is 34.2 Å². The summed E-state index contributed by atoms with van der Waals surface area (Å²) in [5.74, 6) is 0.358. The summed E-state index contributed by atoms with van der Waals surface area (Å²) >= 11 is 1.91. The molecule has 0 radical (unpaired) electrons. The molecule has 0 fully saturated rings. The van der Waals surface area contributed by atoms with Gasteiger partial charge < -0.3 is 9.72 Å². The van der Waals surface area contributed by atoms with Gasteiger partial charge >= 0.3 is 0 Å². The number of halogens is 1. The number of ether oxygens (including phenoxy) is 1. The molecular formula is C13H11IN2O2. The molecule has 0 bridgehead atoms. The molecule has 4 nitrogen and oxygen atoms in total. The highest BCUT2D eigenvalue weighted by molar-refractivity contribution is 14.1. The molecule has 1 N–H and O–H groups in total. The van der Waals surface area contributed by atoms with Crippen LogP contribution in [0.3, 0.4) is 0 Å². The molecule has 2 aromatic rings. The minimum atomic E-state index is -0.187. The number of aromatic amines is 1. The van der Waals surface area contributed by atoms with Gasteiger partial charge in [-0.15, -0.1) is 0 Å². The predicted octanol–water partition coefficient (Wildman–Crippen LogP) is 2.47. The summed E-state index contributed by atoms with van der Waals surface area (Å²) in [5.41, 5.74) is 0.919. The maximum absolute atomic E-state index is 11.3. The average molecular weight is 354 g/mol. The molecular weight excluding hydrogens is 343 g/mol. The lowest BCUT2D eigenvalue weighted by Gasteiger charge is -2.02. The number of rotatable bonds is 4. The molecule has 1 aromatic carbocycles. The second-order valence-electron chi connectivity index (χ2n) is 3.47. The van der Waals surface area contributed by atoms with Crippen LogP contribution in [-0.4, -0.2) is 16.6 Å². The SMILES string of the molecule is O=c1[nH]cnc(OC/C=C/c2ccccc2)c1I. The standard InChI is InChI=1S/C13H11IN2O2/c14-11-12(17)15-9-16-13(11)18-8-4-7-10-5-2-1-3-6-10/h1-7,9H,8H2,(H,15,16,17)/b7-4+. The van der Waals surface area contributed by atoms with E-state index in [1.54, 1.807) is 0 Å². The molecule has 1 heterocycles. The third-order valence-corrected chi connectivity index (χ3v) is 3.14. The van der Waals surface area contributed by atoms with Crippen molar-refractivity contribution in [3.8, 4) is 5.88 Å². The Morgan fingerprint density at radius 1 is 1.33 bits per heavy atom. The average Bonchev–Trinajstić information content (AvgIpc) is 2.40. The van der Waals surface area contributed by atoms with E-state index in [2.05, 4.69) is 9.97 Å². The van der Waals surface area contributed by atoms with Crippen molar-refractivity contribution in [2.24, 2.45) is 0 Å². The maximum Gasteiger partial charge on any atom is 0.268 e. The van der Waals surface area contributed by atoms with Crippen molar-refractivity contribution in [3.63, 3.8) is 0 Å². The number of benzene rings is 1. The van der Waals surface area contributed by atoms with Crippen LogP contribution in [0.25, 0.3) is 6.08 Å². The van der Waals surface area contributed by atoms with E-state index in [1.807, 2.05) is 65.1 Å². The fraction of sp³-hybridized carbons (Fsp3) is 0.0769. The highest BCUT2D eigenvalue weighted by atomic mass is 127. The monoisotopic (exact) mass is 354 g/mol. The van der Waals surface area contributed by atoms with E-state index in [1.165, 1.54) is 6.33 Å². The third kappa shape index (κ3) is 3.43. The number of H-pyrrole nitrogens is 1. The highest BCUT2D eigenvalue weighted by Crippen LogP contribution is 2.11. The van der Waals surface area contributed by atoms with Gasteiger partial charge in [0, 0.05) is 0 Å². The minimum absolute atomic E-state index is 0.187. The molecule has 0 unspecified atom stereocenters. The Balaban J connectivity index is 1.95. The number of aromatic nitrogens is 2. The molecule has 0 aliphatic rings. The van der Waals surface area contributed by atoms with Crippen LogP contribution in [0.15, 0.2) is 47.5 Å². The van der Waals surface area contributed by atoms with Crippen molar-refractivity contribution in [2.75, 3.05) is 6.61 Å². The molecule has 0 saturated heterocycles. The molecule has 0 aliphatic carbocycles. The summed E-state index contributed by atoms with van der Waals surface area (Å²) < 4.78 is 5.88. The lowest BCUT2D eigenvalue weighted by molar-refractivity contribution is 0.344. The quantitative estimate of drug-likeness (QED) is 0.859. The van der Waals surface area contributed by atoms with E-state index >= 15 is 0 Å². The zero-order chi connectivity index (χ0) is 12.8. The summed E-state index contributed by atoms with van der Waals surface area (Å²) in [6.07, 6.45) is 5.18. The first-order chi connectivity index (χ1) is 8.77. The Bertz CT molecular complexity index is 593. The number of nitrogens with one attached hydrogen (secondary N) is 1. The van der Waals surface area contributed by atoms with Crippen molar-refractivity contribution >= 4 is 28.7 Å². The first-order valence-electron chi connectivity index (χ1n) is 5.35. The highest BCUT2D eigenvalue weighted by Gasteiger charge is 2.04. The summed E-state index contributed by atoms with van der Waals surface area (Å²) in [6.45, 7) is 0.376. The Labute approximate surface area is 118 Å². The molecule has 92 valence electrons. The third-order valence-electron chi connectivity index (χ3n) is 2.19. The second-order valence-corrected chi connectivity index (χ2v) is 4.55. The van der Waals surface area contributed by atoms with Gasteiger partial charge in [-0.2, -0.15) is 0 Å². The lowest BCUT2D eigenvalue weighted by atomic mass is 10.2. The maximum atomic E-state index is 11.3.